The molecule has 0 aliphatic carbocycles. The second-order valence-corrected chi connectivity index (χ2v) is 6.15. The Morgan fingerprint density at radius 2 is 2.00 bits per heavy atom. The molecule has 0 bridgehead atoms. The van der Waals surface area contributed by atoms with E-state index in [4.69, 9.17) is 9.73 Å². The van der Waals surface area contributed by atoms with E-state index in [1.165, 1.54) is 5.56 Å². The number of ether oxygens (including phenoxy) is 1. The van der Waals surface area contributed by atoms with E-state index in [1.54, 1.807) is 0 Å². The molecule has 5 nitrogen and oxygen atoms in total. The molecular formula is C18H29N3O2. The van der Waals surface area contributed by atoms with Gasteiger partial charge in [0, 0.05) is 19.6 Å². The van der Waals surface area contributed by atoms with E-state index in [9.17, 15) is 5.11 Å². The minimum Gasteiger partial charge on any atom is -0.489 e. The van der Waals surface area contributed by atoms with Gasteiger partial charge >= 0.3 is 0 Å². The second-order valence-electron chi connectivity index (χ2n) is 6.15. The van der Waals surface area contributed by atoms with E-state index in [0.717, 1.165) is 44.2 Å². The molecule has 5 heteroatoms. The van der Waals surface area contributed by atoms with Gasteiger partial charge in [-0.2, -0.15) is 0 Å². The predicted molar refractivity (Wildman–Crippen MR) is 94.1 cm³/mol. The van der Waals surface area contributed by atoms with Crippen LogP contribution in [0.15, 0.2) is 29.3 Å². The highest BCUT2D eigenvalue weighted by Gasteiger charge is 2.19. The molecule has 0 radical (unpaired) electrons. The fourth-order valence-corrected chi connectivity index (χ4v) is 2.60. The average molecular weight is 319 g/mol. The monoisotopic (exact) mass is 319 g/mol. The Hall–Kier alpha value is -1.75. The zero-order valence-corrected chi connectivity index (χ0v) is 14.5. The van der Waals surface area contributed by atoms with Crippen molar-refractivity contribution in [2.75, 3.05) is 26.2 Å². The number of aliphatic imine (C=N–C) groups is 1. The molecule has 1 aliphatic heterocycles. The molecule has 1 heterocycles. The van der Waals surface area contributed by atoms with Gasteiger partial charge in [0.15, 0.2) is 5.96 Å². The van der Waals surface area contributed by atoms with Crippen molar-refractivity contribution in [3.8, 4) is 5.75 Å². The number of likely N-dealkylation sites (tertiary alicyclic amines) is 1. The largest absolute Gasteiger partial charge is 0.489 e. The summed E-state index contributed by atoms with van der Waals surface area (Å²) in [4.78, 5) is 6.92. The van der Waals surface area contributed by atoms with Crippen molar-refractivity contribution in [2.24, 2.45) is 4.99 Å². The predicted octanol–water partition coefficient (Wildman–Crippen LogP) is 2.18. The number of aliphatic hydroxyl groups excluding tert-OH is 1. The highest BCUT2D eigenvalue weighted by atomic mass is 16.5. The molecule has 1 aromatic carbocycles. The highest BCUT2D eigenvalue weighted by Crippen LogP contribution is 2.14. The quantitative estimate of drug-likeness (QED) is 0.645. The number of rotatable bonds is 5. The van der Waals surface area contributed by atoms with Crippen molar-refractivity contribution in [2.45, 2.75) is 45.8 Å². The number of guanidine groups is 1. The molecule has 1 aliphatic rings. The first-order valence-electron chi connectivity index (χ1n) is 8.53. The number of aryl methyl sites for hydroxylation is 1. The molecule has 1 atom stereocenters. The van der Waals surface area contributed by atoms with Gasteiger partial charge in [-0.1, -0.05) is 17.7 Å². The fourth-order valence-electron chi connectivity index (χ4n) is 2.60. The summed E-state index contributed by atoms with van der Waals surface area (Å²) < 4.78 is 5.91. The lowest BCUT2D eigenvalue weighted by Crippen LogP contribution is -2.47. The van der Waals surface area contributed by atoms with Crippen LogP contribution < -0.4 is 10.1 Å². The van der Waals surface area contributed by atoms with Crippen LogP contribution in [0.2, 0.25) is 0 Å². The Kier molecular flexibility index (Phi) is 6.71. The van der Waals surface area contributed by atoms with E-state index in [1.807, 2.05) is 19.1 Å². The van der Waals surface area contributed by atoms with Crippen LogP contribution >= 0.6 is 0 Å². The number of hydrogen-bond acceptors (Lipinski definition) is 3. The minimum atomic E-state index is -0.169. The number of nitrogens with zero attached hydrogens (tertiary/aromatic N) is 2. The van der Waals surface area contributed by atoms with Crippen molar-refractivity contribution < 1.29 is 9.84 Å². The zero-order valence-electron chi connectivity index (χ0n) is 14.5. The summed E-state index contributed by atoms with van der Waals surface area (Å²) in [5, 5.41) is 13.0. The van der Waals surface area contributed by atoms with Crippen LogP contribution in [-0.4, -0.2) is 54.4 Å². The van der Waals surface area contributed by atoms with E-state index >= 15 is 0 Å². The molecule has 0 spiro atoms. The number of benzene rings is 1. The molecule has 1 fully saturated rings. The maximum absolute atomic E-state index is 9.63. The summed E-state index contributed by atoms with van der Waals surface area (Å²) >= 11 is 0. The van der Waals surface area contributed by atoms with Gasteiger partial charge in [0.1, 0.15) is 11.9 Å². The molecule has 2 N–H and O–H groups in total. The number of piperidine rings is 1. The van der Waals surface area contributed by atoms with Crippen LogP contribution in [0.5, 0.6) is 5.75 Å². The van der Waals surface area contributed by atoms with Gasteiger partial charge in [-0.25, -0.2) is 4.99 Å². The number of hydrogen-bond donors (Lipinski definition) is 2. The number of aliphatic hydroxyl groups is 1. The van der Waals surface area contributed by atoms with Gasteiger partial charge in [0.05, 0.1) is 12.6 Å². The van der Waals surface area contributed by atoms with Gasteiger partial charge in [-0.3, -0.25) is 0 Å². The first-order chi connectivity index (χ1) is 11.1. The summed E-state index contributed by atoms with van der Waals surface area (Å²) in [6, 6.07) is 8.09. The lowest BCUT2D eigenvalue weighted by Gasteiger charge is -2.32. The molecule has 128 valence electrons. The standard InChI is InChI=1S/C18H29N3O2/c1-4-19-18(21-11-9-16(22)10-12-21)20-13-15(3)23-17-7-5-14(2)6-8-17/h5-8,15-16,22H,4,9-13H2,1-3H3,(H,19,20). The van der Waals surface area contributed by atoms with Crippen molar-refractivity contribution in [3.05, 3.63) is 29.8 Å². The molecule has 0 amide bonds. The highest BCUT2D eigenvalue weighted by molar-refractivity contribution is 5.80. The Morgan fingerprint density at radius 3 is 2.61 bits per heavy atom. The van der Waals surface area contributed by atoms with Crippen LogP contribution in [0.4, 0.5) is 0 Å². The Balaban J connectivity index is 1.89. The van der Waals surface area contributed by atoms with Gasteiger partial charge in [0.25, 0.3) is 0 Å². The molecule has 1 saturated heterocycles. The summed E-state index contributed by atoms with van der Waals surface area (Å²) in [5.41, 5.74) is 1.23. The van der Waals surface area contributed by atoms with Crippen molar-refractivity contribution >= 4 is 5.96 Å². The zero-order chi connectivity index (χ0) is 16.7. The van der Waals surface area contributed by atoms with Gasteiger partial charge in [0.2, 0.25) is 0 Å². The summed E-state index contributed by atoms with van der Waals surface area (Å²) in [5.74, 6) is 1.79. The van der Waals surface area contributed by atoms with E-state index in [-0.39, 0.29) is 12.2 Å². The number of nitrogens with one attached hydrogen (secondary N) is 1. The minimum absolute atomic E-state index is 0.0155. The molecule has 23 heavy (non-hydrogen) atoms. The van der Waals surface area contributed by atoms with Crippen LogP contribution in [0.25, 0.3) is 0 Å². The summed E-state index contributed by atoms with van der Waals surface area (Å²) in [6.45, 7) is 9.31. The van der Waals surface area contributed by atoms with E-state index < -0.39 is 0 Å². The molecular weight excluding hydrogens is 290 g/mol. The first kappa shape index (κ1) is 17.6. The first-order valence-corrected chi connectivity index (χ1v) is 8.53. The Labute approximate surface area is 139 Å². The van der Waals surface area contributed by atoms with Gasteiger partial charge < -0.3 is 20.1 Å². The summed E-state index contributed by atoms with van der Waals surface area (Å²) in [7, 11) is 0. The second kappa shape index (κ2) is 8.77. The lowest BCUT2D eigenvalue weighted by atomic mass is 10.1. The van der Waals surface area contributed by atoms with Crippen molar-refractivity contribution in [1.82, 2.24) is 10.2 Å². The Bertz CT molecular complexity index is 493. The third-order valence-corrected chi connectivity index (χ3v) is 3.96. The maximum Gasteiger partial charge on any atom is 0.194 e. The third-order valence-electron chi connectivity index (χ3n) is 3.96. The normalized spacial score (nSPS) is 17.9. The van der Waals surface area contributed by atoms with E-state index in [0.29, 0.717) is 6.54 Å². The maximum atomic E-state index is 9.63. The van der Waals surface area contributed by atoms with Crippen molar-refractivity contribution in [3.63, 3.8) is 0 Å². The molecule has 0 aromatic heterocycles. The van der Waals surface area contributed by atoms with Crippen LogP contribution in [0.1, 0.15) is 32.3 Å². The van der Waals surface area contributed by atoms with Crippen LogP contribution in [-0.2, 0) is 0 Å². The fraction of sp³-hybridized carbons (Fsp3) is 0.611. The van der Waals surface area contributed by atoms with Crippen LogP contribution in [0, 0.1) is 6.92 Å². The van der Waals surface area contributed by atoms with Gasteiger partial charge in [-0.15, -0.1) is 0 Å². The topological polar surface area (TPSA) is 57.1 Å². The Morgan fingerprint density at radius 1 is 1.35 bits per heavy atom. The smallest absolute Gasteiger partial charge is 0.194 e. The van der Waals surface area contributed by atoms with Crippen molar-refractivity contribution in [1.29, 1.82) is 0 Å². The SMILES string of the molecule is CCNC(=NCC(C)Oc1ccc(C)cc1)N1CCC(O)CC1. The van der Waals surface area contributed by atoms with Crippen LogP contribution in [0.3, 0.4) is 0 Å². The molecule has 1 unspecified atom stereocenters. The van der Waals surface area contributed by atoms with E-state index in [2.05, 4.69) is 36.2 Å². The molecule has 1 aromatic rings. The average Bonchev–Trinajstić information content (AvgIpc) is 2.54. The lowest BCUT2D eigenvalue weighted by molar-refractivity contribution is 0.107. The molecule has 2 rings (SSSR count). The third kappa shape index (κ3) is 5.75. The van der Waals surface area contributed by atoms with Gasteiger partial charge in [-0.05, 0) is 45.7 Å². The summed E-state index contributed by atoms with van der Waals surface area (Å²) in [6.07, 6.45) is 1.46. The molecule has 0 saturated carbocycles.